The highest BCUT2D eigenvalue weighted by molar-refractivity contribution is 6.40. The van der Waals surface area contributed by atoms with Gasteiger partial charge in [0.1, 0.15) is 5.75 Å². The van der Waals surface area contributed by atoms with Crippen LogP contribution in [-0.2, 0) is 0 Å². The predicted octanol–water partition coefficient (Wildman–Crippen LogP) is 3.82. The van der Waals surface area contributed by atoms with E-state index < -0.39 is 0 Å². The summed E-state index contributed by atoms with van der Waals surface area (Å²) >= 11 is 0. The quantitative estimate of drug-likeness (QED) is 0.809. The molecule has 0 spiro atoms. The van der Waals surface area contributed by atoms with E-state index in [1.54, 1.807) is 7.11 Å². The second-order valence-corrected chi connectivity index (χ2v) is 4.58. The number of carbonyl (C=O) groups is 1. The van der Waals surface area contributed by atoms with Gasteiger partial charge in [-0.05, 0) is 29.7 Å². The van der Waals surface area contributed by atoms with E-state index in [1.165, 1.54) is 0 Å². The number of benzene rings is 2. The molecule has 2 heteroatoms. The third-order valence-corrected chi connectivity index (χ3v) is 3.54. The maximum Gasteiger partial charge on any atom is 0.198 e. The molecular weight excluding hydrogens is 236 g/mol. The number of rotatable bonds is 2. The van der Waals surface area contributed by atoms with Gasteiger partial charge in [-0.25, -0.2) is 0 Å². The van der Waals surface area contributed by atoms with Gasteiger partial charge in [-0.2, -0.15) is 0 Å². The van der Waals surface area contributed by atoms with Crippen LogP contribution in [0.15, 0.2) is 48.5 Å². The Morgan fingerprint density at radius 2 is 1.68 bits per heavy atom. The molecule has 1 aliphatic carbocycles. The van der Waals surface area contributed by atoms with Crippen molar-refractivity contribution < 1.29 is 9.53 Å². The molecule has 0 saturated heterocycles. The zero-order valence-corrected chi connectivity index (χ0v) is 10.9. The summed E-state index contributed by atoms with van der Waals surface area (Å²) in [6.07, 6.45) is 0. The summed E-state index contributed by atoms with van der Waals surface area (Å²) in [6, 6.07) is 15.5. The largest absolute Gasteiger partial charge is 0.496 e. The topological polar surface area (TPSA) is 26.3 Å². The first-order valence-electron chi connectivity index (χ1n) is 6.22. The van der Waals surface area contributed by atoms with Crippen molar-refractivity contribution in [1.29, 1.82) is 0 Å². The Balaban J connectivity index is 2.22. The molecule has 3 rings (SSSR count). The van der Waals surface area contributed by atoms with Crippen molar-refractivity contribution in [2.75, 3.05) is 7.11 Å². The van der Waals surface area contributed by atoms with Crippen LogP contribution < -0.4 is 4.74 Å². The molecule has 0 bridgehead atoms. The number of hydrogen-bond acceptors (Lipinski definition) is 2. The van der Waals surface area contributed by atoms with Crippen molar-refractivity contribution in [2.24, 2.45) is 0 Å². The summed E-state index contributed by atoms with van der Waals surface area (Å²) in [6.45, 7) is 1.99. The summed E-state index contributed by atoms with van der Waals surface area (Å²) < 4.78 is 5.31. The maximum atomic E-state index is 12.6. The lowest BCUT2D eigenvalue weighted by Crippen LogP contribution is -2.01. The summed E-state index contributed by atoms with van der Waals surface area (Å²) in [4.78, 5) is 12.6. The molecule has 0 unspecified atom stereocenters. The molecule has 0 fully saturated rings. The smallest absolute Gasteiger partial charge is 0.198 e. The van der Waals surface area contributed by atoms with Crippen LogP contribution in [0.3, 0.4) is 0 Å². The van der Waals surface area contributed by atoms with Gasteiger partial charge in [0.05, 0.1) is 12.7 Å². The number of ether oxygens (including phenoxy) is 1. The first kappa shape index (κ1) is 11.7. The normalized spacial score (nSPS) is 13.7. The minimum absolute atomic E-state index is 0.0520. The minimum atomic E-state index is 0.0520. The lowest BCUT2D eigenvalue weighted by Gasteiger charge is -2.06. The van der Waals surface area contributed by atoms with Gasteiger partial charge in [-0.15, -0.1) is 0 Å². The summed E-state index contributed by atoms with van der Waals surface area (Å²) in [5, 5.41) is 0. The predicted molar refractivity (Wildman–Crippen MR) is 76.3 cm³/mol. The average molecular weight is 250 g/mol. The van der Waals surface area contributed by atoms with Gasteiger partial charge in [0.2, 0.25) is 0 Å². The SMILES string of the molecule is COc1cccc2c1C(=O)C(c1ccccc1)=C2C. The van der Waals surface area contributed by atoms with Crippen molar-refractivity contribution in [1.82, 2.24) is 0 Å². The number of methoxy groups -OCH3 is 1. The number of hydrogen-bond donors (Lipinski definition) is 0. The van der Waals surface area contributed by atoms with Crippen LogP contribution >= 0.6 is 0 Å². The Kier molecular flexibility index (Phi) is 2.71. The Hall–Kier alpha value is -2.35. The van der Waals surface area contributed by atoms with Crippen molar-refractivity contribution in [3.05, 3.63) is 65.2 Å². The fourth-order valence-electron chi connectivity index (χ4n) is 2.63. The number of Topliss-reactive ketones (excluding diaryl/α,β-unsaturated/α-hetero) is 1. The molecule has 94 valence electrons. The van der Waals surface area contributed by atoms with E-state index in [4.69, 9.17) is 4.74 Å². The highest BCUT2D eigenvalue weighted by Crippen LogP contribution is 2.41. The van der Waals surface area contributed by atoms with Crippen molar-refractivity contribution in [2.45, 2.75) is 6.92 Å². The van der Waals surface area contributed by atoms with E-state index in [1.807, 2.05) is 55.5 Å². The van der Waals surface area contributed by atoms with E-state index in [9.17, 15) is 4.79 Å². The molecular formula is C17H14O2. The fourth-order valence-corrected chi connectivity index (χ4v) is 2.63. The van der Waals surface area contributed by atoms with Crippen molar-refractivity contribution in [3.63, 3.8) is 0 Å². The molecule has 0 aromatic heterocycles. The van der Waals surface area contributed by atoms with E-state index in [0.717, 1.165) is 22.3 Å². The lowest BCUT2D eigenvalue weighted by molar-refractivity contribution is 0.105. The zero-order valence-electron chi connectivity index (χ0n) is 10.9. The standard InChI is InChI=1S/C17H14O2/c1-11-13-9-6-10-14(19-2)16(13)17(18)15(11)12-7-4-3-5-8-12/h3-10H,1-2H3. The van der Waals surface area contributed by atoms with Crippen LogP contribution in [-0.4, -0.2) is 12.9 Å². The van der Waals surface area contributed by atoms with Gasteiger partial charge in [0, 0.05) is 5.57 Å². The second kappa shape index (κ2) is 4.39. The molecule has 0 saturated carbocycles. The van der Waals surface area contributed by atoms with Gasteiger partial charge in [0.25, 0.3) is 0 Å². The zero-order chi connectivity index (χ0) is 13.4. The summed E-state index contributed by atoms with van der Waals surface area (Å²) in [5.74, 6) is 0.698. The average Bonchev–Trinajstić information content (AvgIpc) is 2.72. The van der Waals surface area contributed by atoms with Gasteiger partial charge in [-0.3, -0.25) is 4.79 Å². The van der Waals surface area contributed by atoms with Gasteiger partial charge >= 0.3 is 0 Å². The number of carbonyl (C=O) groups excluding carboxylic acids is 1. The van der Waals surface area contributed by atoms with Crippen molar-refractivity contribution in [3.8, 4) is 5.75 Å². The molecule has 19 heavy (non-hydrogen) atoms. The minimum Gasteiger partial charge on any atom is -0.496 e. The monoisotopic (exact) mass is 250 g/mol. The highest BCUT2D eigenvalue weighted by atomic mass is 16.5. The number of allylic oxidation sites excluding steroid dienone is 2. The molecule has 0 N–H and O–H groups in total. The molecule has 0 amide bonds. The van der Waals surface area contributed by atoms with Crippen molar-refractivity contribution >= 4 is 16.9 Å². The summed E-state index contributed by atoms with van der Waals surface area (Å²) in [5.41, 5.74) is 4.41. The molecule has 0 atom stereocenters. The molecule has 0 aliphatic heterocycles. The third-order valence-electron chi connectivity index (χ3n) is 3.54. The molecule has 2 aromatic rings. The van der Waals surface area contributed by atoms with Crippen LogP contribution in [0.5, 0.6) is 5.75 Å². The molecule has 2 nitrogen and oxygen atoms in total. The van der Waals surface area contributed by atoms with Crippen LogP contribution in [0, 0.1) is 0 Å². The van der Waals surface area contributed by atoms with Crippen LogP contribution in [0.2, 0.25) is 0 Å². The first-order valence-corrected chi connectivity index (χ1v) is 6.22. The van der Waals surface area contributed by atoms with E-state index in [2.05, 4.69) is 0 Å². The molecule has 2 aromatic carbocycles. The fraction of sp³-hybridized carbons (Fsp3) is 0.118. The van der Waals surface area contributed by atoms with E-state index >= 15 is 0 Å². The van der Waals surface area contributed by atoms with Crippen LogP contribution in [0.4, 0.5) is 0 Å². The second-order valence-electron chi connectivity index (χ2n) is 4.58. The lowest BCUT2D eigenvalue weighted by atomic mass is 10.0. The molecule has 1 aliphatic rings. The Bertz CT molecular complexity index is 682. The van der Waals surface area contributed by atoms with Crippen LogP contribution in [0.25, 0.3) is 11.1 Å². The maximum absolute atomic E-state index is 12.6. The highest BCUT2D eigenvalue weighted by Gasteiger charge is 2.30. The number of fused-ring (bicyclic) bond motifs is 1. The Morgan fingerprint density at radius 3 is 2.37 bits per heavy atom. The number of ketones is 1. The Morgan fingerprint density at radius 1 is 0.947 bits per heavy atom. The summed E-state index contributed by atoms with van der Waals surface area (Å²) in [7, 11) is 1.60. The van der Waals surface area contributed by atoms with Crippen LogP contribution in [0.1, 0.15) is 28.4 Å². The van der Waals surface area contributed by atoms with Gasteiger partial charge < -0.3 is 4.74 Å². The van der Waals surface area contributed by atoms with Gasteiger partial charge in [0.15, 0.2) is 5.78 Å². The Labute approximate surface area is 112 Å². The first-order chi connectivity index (χ1) is 9.24. The van der Waals surface area contributed by atoms with Gasteiger partial charge in [-0.1, -0.05) is 42.5 Å². The molecule has 0 heterocycles. The van der Waals surface area contributed by atoms with E-state index in [-0.39, 0.29) is 5.78 Å². The molecule has 0 radical (unpaired) electrons. The van der Waals surface area contributed by atoms with E-state index in [0.29, 0.717) is 11.3 Å². The third kappa shape index (κ3) is 1.68.